The highest BCUT2D eigenvalue weighted by molar-refractivity contribution is 5.99. The molecule has 9 heteroatoms. The summed E-state index contributed by atoms with van der Waals surface area (Å²) < 4.78 is 21.6. The van der Waals surface area contributed by atoms with E-state index < -0.39 is 5.54 Å². The molecule has 39 heavy (non-hydrogen) atoms. The van der Waals surface area contributed by atoms with Crippen LogP contribution in [0.25, 0.3) is 11.1 Å². The van der Waals surface area contributed by atoms with Crippen molar-refractivity contribution in [2.24, 2.45) is 0 Å². The maximum absolute atomic E-state index is 13.6. The first-order valence-electron chi connectivity index (χ1n) is 12.8. The highest BCUT2D eigenvalue weighted by Crippen LogP contribution is 2.34. The predicted molar refractivity (Wildman–Crippen MR) is 149 cm³/mol. The minimum absolute atomic E-state index is 0.163. The summed E-state index contributed by atoms with van der Waals surface area (Å²) in [6, 6.07) is 18.5. The smallest absolute Gasteiger partial charge is 0.252 e. The quantitative estimate of drug-likeness (QED) is 0.366. The zero-order valence-corrected chi connectivity index (χ0v) is 22.8. The molecule has 1 heterocycles. The lowest BCUT2D eigenvalue weighted by molar-refractivity contribution is -0.128. The average Bonchev–Trinajstić information content (AvgIpc) is 2.99. The first-order valence-corrected chi connectivity index (χ1v) is 12.8. The summed E-state index contributed by atoms with van der Waals surface area (Å²) in [5.74, 6) is 1.88. The predicted octanol–water partition coefficient (Wildman–Crippen LogP) is 3.56. The Bertz CT molecular complexity index is 1260. The van der Waals surface area contributed by atoms with E-state index in [1.807, 2.05) is 36.4 Å². The maximum atomic E-state index is 13.6. The van der Waals surface area contributed by atoms with Crippen LogP contribution in [0.3, 0.4) is 0 Å². The standard InChI is InChI=1S/C30H35N3O6/c1-36-23-11-9-21(10-12-23)20-5-7-22(8-6-20)28(34)33-30(13-15-31-16-14-30)29(35)32-19-25-26(38-3)17-24(37-2)18-27(25)39-4/h5-12,17-18,31H,13-16,19H2,1-4H3,(H,32,35)(H,33,34). The second-order valence-corrected chi connectivity index (χ2v) is 9.29. The zero-order valence-electron chi connectivity index (χ0n) is 22.8. The lowest BCUT2D eigenvalue weighted by atomic mass is 9.86. The third kappa shape index (κ3) is 6.26. The maximum Gasteiger partial charge on any atom is 0.252 e. The minimum atomic E-state index is -1.05. The van der Waals surface area contributed by atoms with Crippen LogP contribution in [0.5, 0.6) is 23.0 Å². The molecule has 4 rings (SSSR count). The van der Waals surface area contributed by atoms with Gasteiger partial charge in [-0.15, -0.1) is 0 Å². The number of piperidine rings is 1. The van der Waals surface area contributed by atoms with Gasteiger partial charge in [-0.05, 0) is 61.3 Å². The van der Waals surface area contributed by atoms with E-state index in [1.165, 1.54) is 0 Å². The van der Waals surface area contributed by atoms with Gasteiger partial charge in [0.1, 0.15) is 28.5 Å². The van der Waals surface area contributed by atoms with Crippen molar-refractivity contribution in [1.29, 1.82) is 0 Å². The zero-order chi connectivity index (χ0) is 27.8. The highest BCUT2D eigenvalue weighted by Gasteiger charge is 2.41. The van der Waals surface area contributed by atoms with Crippen molar-refractivity contribution in [2.75, 3.05) is 41.5 Å². The van der Waals surface area contributed by atoms with Crippen LogP contribution in [-0.2, 0) is 11.3 Å². The number of hydrogen-bond donors (Lipinski definition) is 3. The van der Waals surface area contributed by atoms with Gasteiger partial charge in [-0.1, -0.05) is 24.3 Å². The van der Waals surface area contributed by atoms with Gasteiger partial charge in [-0.25, -0.2) is 0 Å². The molecule has 1 fully saturated rings. The summed E-state index contributed by atoms with van der Waals surface area (Å²) in [6.45, 7) is 1.38. The molecule has 0 aliphatic carbocycles. The number of rotatable bonds is 10. The first kappa shape index (κ1) is 27.8. The van der Waals surface area contributed by atoms with Crippen LogP contribution < -0.4 is 34.9 Å². The van der Waals surface area contributed by atoms with E-state index >= 15 is 0 Å². The molecular formula is C30H35N3O6. The molecule has 2 amide bonds. The molecule has 0 unspecified atom stereocenters. The van der Waals surface area contributed by atoms with Gasteiger partial charge in [0.15, 0.2) is 0 Å². The number of nitrogens with one attached hydrogen (secondary N) is 3. The molecule has 0 aromatic heterocycles. The fourth-order valence-corrected chi connectivity index (χ4v) is 4.74. The van der Waals surface area contributed by atoms with E-state index in [-0.39, 0.29) is 18.4 Å². The molecule has 0 atom stereocenters. The summed E-state index contributed by atoms with van der Waals surface area (Å²) in [5, 5.41) is 9.32. The van der Waals surface area contributed by atoms with E-state index in [4.69, 9.17) is 18.9 Å². The largest absolute Gasteiger partial charge is 0.497 e. The SMILES string of the molecule is COc1ccc(-c2ccc(C(=O)NC3(C(=O)NCc4c(OC)cc(OC)cc4OC)CCNCC3)cc2)cc1. The molecule has 1 aliphatic heterocycles. The van der Waals surface area contributed by atoms with E-state index in [0.717, 1.165) is 16.9 Å². The lowest BCUT2D eigenvalue weighted by Crippen LogP contribution is -2.62. The van der Waals surface area contributed by atoms with Gasteiger partial charge < -0.3 is 34.9 Å². The van der Waals surface area contributed by atoms with Gasteiger partial charge >= 0.3 is 0 Å². The second-order valence-electron chi connectivity index (χ2n) is 9.29. The number of benzene rings is 3. The van der Waals surface area contributed by atoms with Crippen molar-refractivity contribution in [2.45, 2.75) is 24.9 Å². The third-order valence-corrected chi connectivity index (χ3v) is 7.06. The highest BCUT2D eigenvalue weighted by atomic mass is 16.5. The van der Waals surface area contributed by atoms with Crippen molar-refractivity contribution >= 4 is 11.8 Å². The molecule has 0 bridgehead atoms. The lowest BCUT2D eigenvalue weighted by Gasteiger charge is -2.37. The Morgan fingerprint density at radius 3 is 1.82 bits per heavy atom. The summed E-state index contributed by atoms with van der Waals surface area (Å²) in [6.07, 6.45) is 0.927. The van der Waals surface area contributed by atoms with Gasteiger partial charge in [-0.2, -0.15) is 0 Å². The number of carbonyl (C=O) groups is 2. The van der Waals surface area contributed by atoms with Gasteiger partial charge in [0.05, 0.1) is 40.5 Å². The van der Waals surface area contributed by atoms with Crippen LogP contribution in [-0.4, -0.2) is 58.9 Å². The molecule has 9 nitrogen and oxygen atoms in total. The summed E-state index contributed by atoms with van der Waals surface area (Å²) in [7, 11) is 6.29. The van der Waals surface area contributed by atoms with E-state index in [1.54, 1.807) is 52.7 Å². The monoisotopic (exact) mass is 533 g/mol. The molecule has 3 N–H and O–H groups in total. The fourth-order valence-electron chi connectivity index (χ4n) is 4.74. The molecule has 206 valence electrons. The number of hydrogen-bond acceptors (Lipinski definition) is 7. The van der Waals surface area contributed by atoms with Crippen LogP contribution in [0.15, 0.2) is 60.7 Å². The van der Waals surface area contributed by atoms with Crippen LogP contribution in [0.1, 0.15) is 28.8 Å². The van der Waals surface area contributed by atoms with E-state index in [9.17, 15) is 9.59 Å². The van der Waals surface area contributed by atoms with Gasteiger partial charge in [0, 0.05) is 17.7 Å². The summed E-state index contributed by atoms with van der Waals surface area (Å²) >= 11 is 0. The third-order valence-electron chi connectivity index (χ3n) is 7.06. The summed E-state index contributed by atoms with van der Waals surface area (Å²) in [5.41, 5.74) is 2.10. The van der Waals surface area contributed by atoms with E-state index in [2.05, 4.69) is 16.0 Å². The number of amides is 2. The van der Waals surface area contributed by atoms with Crippen molar-refractivity contribution in [3.8, 4) is 34.1 Å². The van der Waals surface area contributed by atoms with Gasteiger partial charge in [0.25, 0.3) is 5.91 Å². The van der Waals surface area contributed by atoms with Gasteiger partial charge in [0.2, 0.25) is 5.91 Å². The Morgan fingerprint density at radius 2 is 1.31 bits per heavy atom. The first-order chi connectivity index (χ1) is 18.9. The number of carbonyl (C=O) groups excluding carboxylic acids is 2. The molecule has 1 saturated heterocycles. The van der Waals surface area contributed by atoms with Crippen molar-refractivity contribution in [3.05, 3.63) is 71.8 Å². The normalized spacial score (nSPS) is 14.2. The molecular weight excluding hydrogens is 498 g/mol. The fraction of sp³-hybridized carbons (Fsp3) is 0.333. The van der Waals surface area contributed by atoms with Crippen LogP contribution in [0, 0.1) is 0 Å². The molecule has 3 aromatic carbocycles. The Hall–Kier alpha value is -4.24. The number of methoxy groups -OCH3 is 4. The Balaban J connectivity index is 1.49. The topological polar surface area (TPSA) is 107 Å². The minimum Gasteiger partial charge on any atom is -0.497 e. The Labute approximate surface area is 228 Å². The van der Waals surface area contributed by atoms with Crippen molar-refractivity contribution in [3.63, 3.8) is 0 Å². The molecule has 0 saturated carbocycles. The average molecular weight is 534 g/mol. The molecule has 3 aromatic rings. The van der Waals surface area contributed by atoms with Crippen molar-refractivity contribution < 1.29 is 28.5 Å². The Kier molecular flexibility index (Phi) is 8.93. The molecule has 1 aliphatic rings. The van der Waals surface area contributed by atoms with Crippen LogP contribution in [0.2, 0.25) is 0 Å². The van der Waals surface area contributed by atoms with Crippen LogP contribution >= 0.6 is 0 Å². The van der Waals surface area contributed by atoms with Crippen LogP contribution in [0.4, 0.5) is 0 Å². The Morgan fingerprint density at radius 1 is 0.769 bits per heavy atom. The van der Waals surface area contributed by atoms with E-state index in [0.29, 0.717) is 54.3 Å². The number of ether oxygens (including phenoxy) is 4. The van der Waals surface area contributed by atoms with Crippen molar-refractivity contribution in [1.82, 2.24) is 16.0 Å². The second kappa shape index (κ2) is 12.5. The molecule has 0 radical (unpaired) electrons. The molecule has 0 spiro atoms. The summed E-state index contributed by atoms with van der Waals surface area (Å²) in [4.78, 5) is 26.9. The van der Waals surface area contributed by atoms with Gasteiger partial charge in [-0.3, -0.25) is 9.59 Å².